The Hall–Kier alpha value is -3.44. The van der Waals surface area contributed by atoms with Gasteiger partial charge in [-0.1, -0.05) is 41.9 Å². The fourth-order valence-corrected chi connectivity index (χ4v) is 4.90. The van der Waals surface area contributed by atoms with Gasteiger partial charge in [0.25, 0.3) is 0 Å². The third-order valence-corrected chi connectivity index (χ3v) is 6.66. The van der Waals surface area contributed by atoms with E-state index in [9.17, 15) is 4.79 Å². The van der Waals surface area contributed by atoms with Crippen LogP contribution in [-0.4, -0.2) is 20.0 Å². The average molecular weight is 461 g/mol. The van der Waals surface area contributed by atoms with E-state index in [-0.39, 0.29) is 17.7 Å². The number of ketones is 1. The fourth-order valence-electron chi connectivity index (χ4n) is 4.77. The maximum atomic E-state index is 13.7. The van der Waals surface area contributed by atoms with E-state index in [4.69, 9.17) is 21.1 Å². The lowest BCUT2D eigenvalue weighted by Crippen LogP contribution is -2.34. The lowest BCUT2D eigenvalue weighted by atomic mass is 9.76. The summed E-state index contributed by atoms with van der Waals surface area (Å²) in [7, 11) is 3.28. The zero-order valence-electron chi connectivity index (χ0n) is 18.5. The summed E-state index contributed by atoms with van der Waals surface area (Å²) in [5.41, 5.74) is 4.70. The van der Waals surface area contributed by atoms with E-state index >= 15 is 0 Å². The SMILES string of the molecule is COc1ccc(OC)c(C2Nc3ccccc3NC3=CC(c4ccc(Cl)cc4)CC(=O)C32)c1. The van der Waals surface area contributed by atoms with Crippen molar-refractivity contribution in [2.75, 3.05) is 24.9 Å². The van der Waals surface area contributed by atoms with Crippen LogP contribution in [0.25, 0.3) is 0 Å². The number of halogens is 1. The topological polar surface area (TPSA) is 59.6 Å². The molecule has 3 unspecified atom stereocenters. The molecule has 2 aliphatic rings. The van der Waals surface area contributed by atoms with Crippen LogP contribution < -0.4 is 20.1 Å². The van der Waals surface area contributed by atoms with Crippen LogP contribution in [0.2, 0.25) is 5.02 Å². The Morgan fingerprint density at radius 2 is 1.70 bits per heavy atom. The summed E-state index contributed by atoms with van der Waals surface area (Å²) in [5, 5.41) is 7.85. The highest BCUT2D eigenvalue weighted by molar-refractivity contribution is 6.30. The number of hydrogen-bond acceptors (Lipinski definition) is 5. The number of anilines is 2. The van der Waals surface area contributed by atoms with Crippen LogP contribution in [0.4, 0.5) is 11.4 Å². The summed E-state index contributed by atoms with van der Waals surface area (Å²) in [4.78, 5) is 13.7. The molecule has 3 aromatic carbocycles. The molecule has 3 atom stereocenters. The van der Waals surface area contributed by atoms with Crippen LogP contribution >= 0.6 is 11.6 Å². The highest BCUT2D eigenvalue weighted by Crippen LogP contribution is 2.46. The molecule has 0 fully saturated rings. The number of fused-ring (bicyclic) bond motifs is 2. The van der Waals surface area contributed by atoms with Crippen LogP contribution in [0.3, 0.4) is 0 Å². The minimum Gasteiger partial charge on any atom is -0.497 e. The van der Waals surface area contributed by atoms with Gasteiger partial charge in [-0.3, -0.25) is 4.79 Å². The minimum atomic E-state index is -0.401. The first-order valence-electron chi connectivity index (χ1n) is 10.9. The molecule has 2 N–H and O–H groups in total. The number of Topliss-reactive ketones (excluding diaryl/α,β-unsaturated/α-hetero) is 1. The van der Waals surface area contributed by atoms with Crippen molar-refractivity contribution in [3.8, 4) is 11.5 Å². The number of carbonyl (C=O) groups is 1. The van der Waals surface area contributed by atoms with Gasteiger partial charge in [-0.25, -0.2) is 0 Å². The molecule has 6 heteroatoms. The maximum Gasteiger partial charge on any atom is 0.145 e. The third-order valence-electron chi connectivity index (χ3n) is 6.40. The van der Waals surface area contributed by atoms with Crippen LogP contribution in [-0.2, 0) is 4.79 Å². The maximum absolute atomic E-state index is 13.7. The van der Waals surface area contributed by atoms with E-state index in [2.05, 4.69) is 16.7 Å². The van der Waals surface area contributed by atoms with E-state index in [1.807, 2.05) is 66.7 Å². The fraction of sp³-hybridized carbons (Fsp3) is 0.222. The summed E-state index contributed by atoms with van der Waals surface area (Å²) in [6.07, 6.45) is 2.59. The van der Waals surface area contributed by atoms with Gasteiger partial charge in [-0.05, 0) is 48.0 Å². The highest BCUT2D eigenvalue weighted by atomic mass is 35.5. The Kier molecular flexibility index (Phi) is 5.73. The minimum absolute atomic E-state index is 0.0216. The molecule has 168 valence electrons. The van der Waals surface area contributed by atoms with Gasteiger partial charge in [0.15, 0.2) is 0 Å². The van der Waals surface area contributed by atoms with Crippen LogP contribution in [0.1, 0.15) is 29.5 Å². The van der Waals surface area contributed by atoms with Crippen molar-refractivity contribution in [2.45, 2.75) is 18.4 Å². The number of benzene rings is 3. The summed E-state index contributed by atoms with van der Waals surface area (Å²) < 4.78 is 11.2. The second-order valence-electron chi connectivity index (χ2n) is 8.33. The van der Waals surface area contributed by atoms with Crippen LogP contribution in [0.15, 0.2) is 78.5 Å². The van der Waals surface area contributed by atoms with E-state index in [1.165, 1.54) is 0 Å². The van der Waals surface area contributed by atoms with Crippen molar-refractivity contribution in [1.82, 2.24) is 0 Å². The molecule has 33 heavy (non-hydrogen) atoms. The Morgan fingerprint density at radius 1 is 0.939 bits per heavy atom. The van der Waals surface area contributed by atoms with Gasteiger partial charge in [0.2, 0.25) is 0 Å². The molecule has 0 amide bonds. The first kappa shape index (κ1) is 21.4. The second-order valence-corrected chi connectivity index (χ2v) is 8.77. The molecule has 0 bridgehead atoms. The molecule has 1 aliphatic heterocycles. The van der Waals surface area contributed by atoms with Crippen molar-refractivity contribution in [2.24, 2.45) is 5.92 Å². The molecular formula is C27H25ClN2O3. The van der Waals surface area contributed by atoms with Gasteiger partial charge >= 0.3 is 0 Å². The molecule has 0 aromatic heterocycles. The standard InChI is InChI=1S/C27H25ClN2O3/c1-32-19-11-12-25(33-2)20(15-19)27-26-23(29-21-5-3-4-6-22(21)30-27)13-17(14-24(26)31)16-7-9-18(28)10-8-16/h3-13,15,17,26-27,29-30H,14H2,1-2H3. The molecule has 0 radical (unpaired) electrons. The summed E-state index contributed by atoms with van der Waals surface area (Å²) in [6, 6.07) is 21.1. The highest BCUT2D eigenvalue weighted by Gasteiger charge is 2.40. The van der Waals surface area contributed by atoms with E-state index in [1.54, 1.807) is 14.2 Å². The second kappa shape index (κ2) is 8.83. The summed E-state index contributed by atoms with van der Waals surface area (Å²) >= 11 is 6.08. The Balaban J connectivity index is 1.65. The quantitative estimate of drug-likeness (QED) is 0.486. The number of allylic oxidation sites excluding steroid dienone is 1. The van der Waals surface area contributed by atoms with Crippen molar-refractivity contribution in [1.29, 1.82) is 0 Å². The van der Waals surface area contributed by atoms with Gasteiger partial charge in [-0.2, -0.15) is 0 Å². The number of para-hydroxylation sites is 2. The Labute approximate surface area is 198 Å². The van der Waals surface area contributed by atoms with Gasteiger partial charge in [0.1, 0.15) is 17.3 Å². The zero-order chi connectivity index (χ0) is 22.9. The summed E-state index contributed by atoms with van der Waals surface area (Å²) in [5.74, 6) is 1.16. The molecule has 1 heterocycles. The lowest BCUT2D eigenvalue weighted by molar-refractivity contribution is -0.122. The molecular weight excluding hydrogens is 436 g/mol. The molecule has 0 spiro atoms. The predicted molar refractivity (Wildman–Crippen MR) is 131 cm³/mol. The van der Waals surface area contributed by atoms with Crippen molar-refractivity contribution in [3.63, 3.8) is 0 Å². The van der Waals surface area contributed by atoms with Gasteiger partial charge in [0, 0.05) is 28.6 Å². The molecule has 0 saturated carbocycles. The lowest BCUT2D eigenvalue weighted by Gasteiger charge is -2.33. The zero-order valence-corrected chi connectivity index (χ0v) is 19.2. The summed E-state index contributed by atoms with van der Waals surface area (Å²) in [6.45, 7) is 0. The van der Waals surface area contributed by atoms with E-state index in [0.717, 1.165) is 28.2 Å². The molecule has 5 rings (SSSR count). The first-order valence-corrected chi connectivity index (χ1v) is 11.3. The molecule has 3 aromatic rings. The van der Waals surface area contributed by atoms with Gasteiger partial charge in [0.05, 0.1) is 37.6 Å². The van der Waals surface area contributed by atoms with Crippen molar-refractivity contribution < 1.29 is 14.3 Å². The smallest absolute Gasteiger partial charge is 0.145 e. The Bertz CT molecular complexity index is 1220. The Morgan fingerprint density at radius 3 is 2.42 bits per heavy atom. The third kappa shape index (κ3) is 4.05. The van der Waals surface area contributed by atoms with E-state index < -0.39 is 5.92 Å². The average Bonchev–Trinajstić information content (AvgIpc) is 3.01. The van der Waals surface area contributed by atoms with Gasteiger partial charge in [-0.15, -0.1) is 0 Å². The van der Waals surface area contributed by atoms with Crippen LogP contribution in [0.5, 0.6) is 11.5 Å². The monoisotopic (exact) mass is 460 g/mol. The molecule has 1 aliphatic carbocycles. The van der Waals surface area contributed by atoms with Crippen molar-refractivity contribution >= 4 is 28.8 Å². The number of nitrogens with one attached hydrogen (secondary N) is 2. The molecule has 5 nitrogen and oxygen atoms in total. The molecule has 0 saturated heterocycles. The number of carbonyl (C=O) groups excluding carboxylic acids is 1. The van der Waals surface area contributed by atoms with E-state index in [0.29, 0.717) is 22.9 Å². The van der Waals surface area contributed by atoms with Crippen molar-refractivity contribution in [3.05, 3.63) is 94.7 Å². The van der Waals surface area contributed by atoms with Gasteiger partial charge < -0.3 is 20.1 Å². The largest absolute Gasteiger partial charge is 0.497 e. The predicted octanol–water partition coefficient (Wildman–Crippen LogP) is 6.19. The normalized spacial score (nSPS) is 21.5. The number of rotatable bonds is 4. The number of methoxy groups -OCH3 is 2. The number of hydrogen-bond donors (Lipinski definition) is 2. The first-order chi connectivity index (χ1) is 16.1. The van der Waals surface area contributed by atoms with Crippen LogP contribution in [0, 0.1) is 5.92 Å². The number of ether oxygens (including phenoxy) is 2.